The number of nitrogens with one attached hydrogen (secondary N) is 1. The van der Waals surface area contributed by atoms with E-state index in [0.717, 1.165) is 73.7 Å². The molecular weight excluding hydrogens is 452 g/mol. The number of carbonyl (C=O) groups excluding carboxylic acids is 1. The van der Waals surface area contributed by atoms with Crippen LogP contribution in [0.15, 0.2) is 28.2 Å². The first-order valence-corrected chi connectivity index (χ1v) is 12.8. The fraction of sp³-hybridized carbons (Fsp3) is 0.435. The summed E-state index contributed by atoms with van der Waals surface area (Å²) < 4.78 is 28.8. The van der Waals surface area contributed by atoms with Gasteiger partial charge in [-0.2, -0.15) is 0 Å². The molecule has 3 aromatic rings. The van der Waals surface area contributed by atoms with Crippen molar-refractivity contribution in [2.75, 3.05) is 11.1 Å². The molecule has 1 N–H and O–H groups in total. The molecule has 1 saturated carbocycles. The molecule has 2 aliphatic rings. The van der Waals surface area contributed by atoms with Crippen molar-refractivity contribution < 1.29 is 13.6 Å². The lowest BCUT2D eigenvalue weighted by molar-refractivity contribution is -0.113. The number of benzene rings is 1. The Kier molecular flexibility index (Phi) is 6.03. The molecule has 2 heterocycles. The first-order chi connectivity index (χ1) is 15.5. The van der Waals surface area contributed by atoms with Crippen molar-refractivity contribution in [3.05, 3.63) is 50.6 Å². The molecule has 9 heteroatoms. The average molecular weight is 476 g/mol. The van der Waals surface area contributed by atoms with Crippen LogP contribution < -0.4 is 10.9 Å². The molecule has 5 nitrogen and oxygen atoms in total. The summed E-state index contributed by atoms with van der Waals surface area (Å²) in [6.45, 7) is 0. The molecule has 0 spiro atoms. The van der Waals surface area contributed by atoms with Crippen molar-refractivity contribution >= 4 is 44.9 Å². The maximum absolute atomic E-state index is 13.9. The third-order valence-corrected chi connectivity index (χ3v) is 8.35. The second kappa shape index (κ2) is 8.94. The Labute approximate surface area is 192 Å². The quantitative estimate of drug-likeness (QED) is 0.393. The van der Waals surface area contributed by atoms with Crippen LogP contribution in [0.1, 0.15) is 55.0 Å². The minimum atomic E-state index is -0.824. The Hall–Kier alpha value is -2.26. The van der Waals surface area contributed by atoms with E-state index < -0.39 is 17.5 Å². The molecule has 0 atom stereocenters. The van der Waals surface area contributed by atoms with Gasteiger partial charge in [-0.15, -0.1) is 11.3 Å². The first kappa shape index (κ1) is 21.6. The maximum atomic E-state index is 13.9. The van der Waals surface area contributed by atoms with Crippen LogP contribution in [0.3, 0.4) is 0 Å². The smallest absolute Gasteiger partial charge is 0.263 e. The molecule has 1 fully saturated rings. The molecule has 2 aromatic heterocycles. The molecule has 0 bridgehead atoms. The van der Waals surface area contributed by atoms with Gasteiger partial charge in [0.2, 0.25) is 5.91 Å². The van der Waals surface area contributed by atoms with Gasteiger partial charge in [-0.3, -0.25) is 14.2 Å². The van der Waals surface area contributed by atoms with Crippen molar-refractivity contribution in [1.29, 1.82) is 0 Å². The topological polar surface area (TPSA) is 64.0 Å². The molecule has 1 aromatic carbocycles. The number of aromatic nitrogens is 2. The summed E-state index contributed by atoms with van der Waals surface area (Å²) in [6.07, 6.45) is 8.16. The number of fused-ring (bicyclic) bond motifs is 3. The third-order valence-electron chi connectivity index (χ3n) is 6.22. The van der Waals surface area contributed by atoms with Crippen LogP contribution in [0, 0.1) is 11.6 Å². The molecule has 0 saturated heterocycles. The number of anilines is 1. The Morgan fingerprint density at radius 1 is 1.19 bits per heavy atom. The summed E-state index contributed by atoms with van der Waals surface area (Å²) in [4.78, 5) is 32.9. The van der Waals surface area contributed by atoms with E-state index in [9.17, 15) is 18.4 Å². The number of carbonyl (C=O) groups is 1. The van der Waals surface area contributed by atoms with Crippen LogP contribution >= 0.6 is 23.1 Å². The van der Waals surface area contributed by atoms with Gasteiger partial charge >= 0.3 is 0 Å². The van der Waals surface area contributed by atoms with E-state index in [1.807, 2.05) is 0 Å². The van der Waals surface area contributed by atoms with E-state index >= 15 is 0 Å². The van der Waals surface area contributed by atoms with Crippen LogP contribution in [0.4, 0.5) is 14.5 Å². The van der Waals surface area contributed by atoms with Gasteiger partial charge in [-0.1, -0.05) is 24.6 Å². The second-order valence-electron chi connectivity index (χ2n) is 8.36. The van der Waals surface area contributed by atoms with E-state index in [2.05, 4.69) is 5.32 Å². The normalized spacial score (nSPS) is 16.4. The van der Waals surface area contributed by atoms with Crippen molar-refractivity contribution in [3.8, 4) is 0 Å². The number of thiophene rings is 1. The van der Waals surface area contributed by atoms with Crippen LogP contribution in [0.25, 0.3) is 10.2 Å². The Balaban J connectivity index is 1.45. The van der Waals surface area contributed by atoms with Crippen LogP contribution in [0.2, 0.25) is 0 Å². The minimum Gasteiger partial charge on any atom is -0.323 e. The number of hydrogen-bond donors (Lipinski definition) is 1. The van der Waals surface area contributed by atoms with Gasteiger partial charge in [0, 0.05) is 17.0 Å². The largest absolute Gasteiger partial charge is 0.323 e. The summed E-state index contributed by atoms with van der Waals surface area (Å²) in [5, 5.41) is 3.78. The maximum Gasteiger partial charge on any atom is 0.263 e. The zero-order valence-corrected chi connectivity index (χ0v) is 19.1. The fourth-order valence-corrected chi connectivity index (χ4v) is 6.86. The zero-order chi connectivity index (χ0) is 22.2. The van der Waals surface area contributed by atoms with Crippen molar-refractivity contribution in [1.82, 2.24) is 9.55 Å². The molecule has 1 amide bonds. The highest BCUT2D eigenvalue weighted by Gasteiger charge is 2.27. The number of rotatable bonds is 5. The summed E-state index contributed by atoms with van der Waals surface area (Å²) in [5.41, 5.74) is 1.11. The number of aryl methyl sites for hydroxylation is 2. The molecule has 2 aliphatic carbocycles. The lowest BCUT2D eigenvalue weighted by atomic mass is 9.97. The van der Waals surface area contributed by atoms with Gasteiger partial charge in [0.05, 0.1) is 16.8 Å². The summed E-state index contributed by atoms with van der Waals surface area (Å²) in [6, 6.07) is 3.12. The molecule has 0 aliphatic heterocycles. The predicted octanol–water partition coefficient (Wildman–Crippen LogP) is 5.46. The average Bonchev–Trinajstić information content (AvgIpc) is 3.42. The zero-order valence-electron chi connectivity index (χ0n) is 17.5. The number of thioether (sulfide) groups is 1. The number of amides is 1. The molecule has 168 valence electrons. The second-order valence-corrected chi connectivity index (χ2v) is 10.4. The molecule has 0 radical (unpaired) electrons. The van der Waals surface area contributed by atoms with Crippen molar-refractivity contribution in [3.63, 3.8) is 0 Å². The van der Waals surface area contributed by atoms with Gasteiger partial charge in [0.25, 0.3) is 5.56 Å². The molecule has 32 heavy (non-hydrogen) atoms. The lowest BCUT2D eigenvalue weighted by Gasteiger charge is -2.18. The highest BCUT2D eigenvalue weighted by Crippen LogP contribution is 2.37. The van der Waals surface area contributed by atoms with Gasteiger partial charge in [0.1, 0.15) is 16.5 Å². The van der Waals surface area contributed by atoms with Gasteiger partial charge in [-0.05, 0) is 56.2 Å². The highest BCUT2D eigenvalue weighted by molar-refractivity contribution is 7.99. The Morgan fingerprint density at radius 2 is 1.97 bits per heavy atom. The Bertz CT molecular complexity index is 1250. The summed E-state index contributed by atoms with van der Waals surface area (Å²) in [5.74, 6) is -1.98. The predicted molar refractivity (Wildman–Crippen MR) is 124 cm³/mol. The van der Waals surface area contributed by atoms with Crippen LogP contribution in [-0.2, 0) is 17.6 Å². The molecule has 5 rings (SSSR count). The molecule has 0 unspecified atom stereocenters. The van der Waals surface area contributed by atoms with Crippen LogP contribution in [-0.4, -0.2) is 21.2 Å². The standard InChI is InChI=1S/C23H23F2N3O2S2/c24-13-9-10-17(16(25)11-13)26-19(29)12-31-23-27-21-20(15-7-3-4-8-18(15)32-21)22(30)28(23)14-5-1-2-6-14/h9-11,14H,1-8,12H2,(H,26,29). The third kappa shape index (κ3) is 4.08. The van der Waals surface area contributed by atoms with E-state index in [-0.39, 0.29) is 23.0 Å². The number of nitrogens with zero attached hydrogens (tertiary/aromatic N) is 2. The van der Waals surface area contributed by atoms with E-state index in [1.165, 1.54) is 28.3 Å². The Morgan fingerprint density at radius 3 is 2.75 bits per heavy atom. The minimum absolute atomic E-state index is 0.00814. The van der Waals surface area contributed by atoms with Crippen LogP contribution in [0.5, 0.6) is 0 Å². The summed E-state index contributed by atoms with van der Waals surface area (Å²) in [7, 11) is 0. The number of hydrogen-bond acceptors (Lipinski definition) is 5. The first-order valence-electron chi connectivity index (χ1n) is 11.0. The van der Waals surface area contributed by atoms with E-state index in [1.54, 1.807) is 15.9 Å². The van der Waals surface area contributed by atoms with Gasteiger partial charge in [0.15, 0.2) is 5.16 Å². The van der Waals surface area contributed by atoms with Gasteiger partial charge < -0.3 is 5.32 Å². The number of halogens is 2. The SMILES string of the molecule is O=C(CSc1nc2sc3c(c2c(=O)n1C1CCCC1)CCCC3)Nc1ccc(F)cc1F. The molecular formula is C23H23F2N3O2S2. The van der Waals surface area contributed by atoms with Crippen molar-refractivity contribution in [2.45, 2.75) is 62.6 Å². The van der Waals surface area contributed by atoms with E-state index in [4.69, 9.17) is 4.98 Å². The highest BCUT2D eigenvalue weighted by atomic mass is 32.2. The van der Waals surface area contributed by atoms with E-state index in [0.29, 0.717) is 5.16 Å². The van der Waals surface area contributed by atoms with Gasteiger partial charge in [-0.25, -0.2) is 13.8 Å². The monoisotopic (exact) mass is 475 g/mol. The lowest BCUT2D eigenvalue weighted by Crippen LogP contribution is -2.27. The fourth-order valence-electron chi connectivity index (χ4n) is 4.69. The van der Waals surface area contributed by atoms with Crippen molar-refractivity contribution in [2.24, 2.45) is 0 Å². The summed E-state index contributed by atoms with van der Waals surface area (Å²) >= 11 is 2.79.